The lowest BCUT2D eigenvalue weighted by atomic mass is 10.2. The van der Waals surface area contributed by atoms with E-state index in [-0.39, 0.29) is 5.56 Å². The van der Waals surface area contributed by atoms with Crippen LogP contribution in [0.4, 0.5) is 0 Å². The van der Waals surface area contributed by atoms with E-state index < -0.39 is 16.8 Å². The Hall–Kier alpha value is -0.500. The molecule has 0 saturated heterocycles. The molecular formula is C12H8Br2O3S2. The molecule has 0 spiro atoms. The van der Waals surface area contributed by atoms with Crippen molar-refractivity contribution in [3.05, 3.63) is 49.0 Å². The molecule has 19 heavy (non-hydrogen) atoms. The fourth-order valence-electron chi connectivity index (χ4n) is 1.45. The Morgan fingerprint density at radius 1 is 1.26 bits per heavy atom. The summed E-state index contributed by atoms with van der Waals surface area (Å²) in [5.74, 6) is -0.652. The Morgan fingerprint density at radius 3 is 2.58 bits per heavy atom. The maximum atomic E-state index is 12.2. The second-order valence-corrected chi connectivity index (χ2v) is 8.50. The summed E-state index contributed by atoms with van der Waals surface area (Å²) in [7, 11) is -1.25. The molecule has 1 heterocycles. The Labute approximate surface area is 133 Å². The van der Waals surface area contributed by atoms with Crippen LogP contribution < -0.4 is 0 Å². The van der Waals surface area contributed by atoms with E-state index in [4.69, 9.17) is 5.11 Å². The van der Waals surface area contributed by atoms with Gasteiger partial charge in [-0.3, -0.25) is 4.21 Å². The number of halogens is 2. The minimum atomic E-state index is -1.25. The van der Waals surface area contributed by atoms with Gasteiger partial charge in [-0.1, -0.05) is 0 Å². The third kappa shape index (κ3) is 3.75. The monoisotopic (exact) mass is 422 g/mol. The number of carbonyl (C=O) groups is 1. The van der Waals surface area contributed by atoms with E-state index in [9.17, 15) is 9.00 Å². The second-order valence-electron chi connectivity index (χ2n) is 3.64. The normalized spacial score (nSPS) is 12.3. The number of rotatable bonds is 4. The average molecular weight is 424 g/mol. The summed E-state index contributed by atoms with van der Waals surface area (Å²) in [6.45, 7) is 0. The number of hydrogen-bond donors (Lipinski definition) is 1. The quantitative estimate of drug-likeness (QED) is 0.798. The van der Waals surface area contributed by atoms with Crippen LogP contribution in [0.25, 0.3) is 0 Å². The van der Waals surface area contributed by atoms with Crippen LogP contribution in [0.15, 0.2) is 43.5 Å². The first-order chi connectivity index (χ1) is 8.97. The third-order valence-electron chi connectivity index (χ3n) is 2.33. The Kier molecular flexibility index (Phi) is 4.94. The van der Waals surface area contributed by atoms with Gasteiger partial charge in [-0.25, -0.2) is 4.79 Å². The molecule has 3 nitrogen and oxygen atoms in total. The summed E-state index contributed by atoms with van der Waals surface area (Å²) in [5.41, 5.74) is 0.123. The predicted octanol–water partition coefficient (Wildman–Crippen LogP) is 4.28. The van der Waals surface area contributed by atoms with E-state index in [1.165, 1.54) is 17.4 Å². The molecule has 2 aromatic rings. The van der Waals surface area contributed by atoms with E-state index in [0.29, 0.717) is 15.1 Å². The maximum Gasteiger partial charge on any atom is 0.336 e. The molecule has 2 rings (SSSR count). The molecule has 0 radical (unpaired) electrons. The van der Waals surface area contributed by atoms with Gasteiger partial charge in [-0.2, -0.15) is 0 Å². The smallest absolute Gasteiger partial charge is 0.336 e. The van der Waals surface area contributed by atoms with Crippen LogP contribution in [0.5, 0.6) is 0 Å². The first-order valence-corrected chi connectivity index (χ1v) is 8.85. The zero-order valence-electron chi connectivity index (χ0n) is 9.43. The largest absolute Gasteiger partial charge is 0.478 e. The van der Waals surface area contributed by atoms with Crippen LogP contribution in [-0.2, 0) is 16.6 Å². The molecule has 7 heteroatoms. The molecule has 1 N–H and O–H groups in total. The van der Waals surface area contributed by atoms with E-state index in [0.717, 1.165) is 8.66 Å². The summed E-state index contributed by atoms with van der Waals surface area (Å²) in [4.78, 5) is 12.5. The van der Waals surface area contributed by atoms with Crippen LogP contribution in [0, 0.1) is 0 Å². The number of hydrogen-bond acceptors (Lipinski definition) is 3. The minimum Gasteiger partial charge on any atom is -0.478 e. The average Bonchev–Trinajstić information content (AvgIpc) is 2.74. The van der Waals surface area contributed by atoms with E-state index in [1.807, 2.05) is 12.1 Å². The van der Waals surface area contributed by atoms with Crippen LogP contribution in [0.3, 0.4) is 0 Å². The first kappa shape index (κ1) is 14.9. The first-order valence-electron chi connectivity index (χ1n) is 5.13. The van der Waals surface area contributed by atoms with Gasteiger partial charge in [0.15, 0.2) is 0 Å². The van der Waals surface area contributed by atoms with Crippen molar-refractivity contribution in [2.24, 2.45) is 0 Å². The molecule has 0 saturated carbocycles. The zero-order chi connectivity index (χ0) is 14.0. The number of aromatic carboxylic acids is 1. The summed E-state index contributed by atoms with van der Waals surface area (Å²) < 4.78 is 13.7. The lowest BCUT2D eigenvalue weighted by Gasteiger charge is -2.04. The molecule has 0 aliphatic heterocycles. The van der Waals surface area contributed by atoms with Crippen molar-refractivity contribution in [1.29, 1.82) is 0 Å². The molecule has 0 amide bonds. The highest BCUT2D eigenvalue weighted by Gasteiger charge is 2.13. The van der Waals surface area contributed by atoms with Crippen molar-refractivity contribution in [2.45, 2.75) is 10.6 Å². The molecule has 1 aromatic heterocycles. The topological polar surface area (TPSA) is 54.4 Å². The SMILES string of the molecule is O=C(O)c1cc(S(=O)Cc2ccc(Br)s2)ccc1Br. The van der Waals surface area contributed by atoms with Gasteiger partial charge in [0.2, 0.25) is 0 Å². The molecule has 0 aliphatic rings. The van der Waals surface area contributed by atoms with Gasteiger partial charge in [0.1, 0.15) is 0 Å². The molecule has 1 aromatic carbocycles. The van der Waals surface area contributed by atoms with Gasteiger partial charge in [-0.05, 0) is 62.2 Å². The highest BCUT2D eigenvalue weighted by molar-refractivity contribution is 9.11. The molecule has 0 fully saturated rings. The number of thiophene rings is 1. The number of benzene rings is 1. The Balaban J connectivity index is 2.24. The summed E-state index contributed by atoms with van der Waals surface area (Å²) in [5, 5.41) is 9.03. The summed E-state index contributed by atoms with van der Waals surface area (Å²) in [6.07, 6.45) is 0. The van der Waals surface area contributed by atoms with Crippen molar-refractivity contribution in [3.8, 4) is 0 Å². The summed E-state index contributed by atoms with van der Waals surface area (Å²) in [6, 6.07) is 8.55. The second kappa shape index (κ2) is 6.30. The predicted molar refractivity (Wildman–Crippen MR) is 83.2 cm³/mol. The Bertz CT molecular complexity index is 652. The van der Waals surface area contributed by atoms with Gasteiger partial charge < -0.3 is 5.11 Å². The lowest BCUT2D eigenvalue weighted by Crippen LogP contribution is -2.01. The third-order valence-corrected chi connectivity index (χ3v) is 6.18. The van der Waals surface area contributed by atoms with Crippen LogP contribution in [0.1, 0.15) is 15.2 Å². The summed E-state index contributed by atoms with van der Waals surface area (Å²) >= 11 is 8.04. The highest BCUT2D eigenvalue weighted by atomic mass is 79.9. The molecule has 0 bridgehead atoms. The fourth-order valence-corrected chi connectivity index (χ4v) is 4.69. The zero-order valence-corrected chi connectivity index (χ0v) is 14.2. The van der Waals surface area contributed by atoms with Crippen LogP contribution >= 0.6 is 43.2 Å². The van der Waals surface area contributed by atoms with Gasteiger partial charge in [0, 0.05) is 14.2 Å². The maximum absolute atomic E-state index is 12.2. The standard InChI is InChI=1S/C12H8Br2O3S2/c13-10-3-2-8(5-9(10)12(15)16)19(17)6-7-1-4-11(14)18-7/h1-5H,6H2,(H,15,16). The molecule has 1 unspecified atom stereocenters. The molecule has 0 aliphatic carbocycles. The lowest BCUT2D eigenvalue weighted by molar-refractivity contribution is 0.0695. The van der Waals surface area contributed by atoms with Crippen molar-refractivity contribution in [1.82, 2.24) is 0 Å². The van der Waals surface area contributed by atoms with Gasteiger partial charge in [-0.15, -0.1) is 11.3 Å². The fraction of sp³-hybridized carbons (Fsp3) is 0.0833. The van der Waals surface area contributed by atoms with Crippen molar-refractivity contribution in [3.63, 3.8) is 0 Å². The van der Waals surface area contributed by atoms with Gasteiger partial charge >= 0.3 is 5.97 Å². The van der Waals surface area contributed by atoms with E-state index >= 15 is 0 Å². The van der Waals surface area contributed by atoms with Crippen LogP contribution in [0.2, 0.25) is 0 Å². The van der Waals surface area contributed by atoms with E-state index in [2.05, 4.69) is 31.9 Å². The van der Waals surface area contributed by atoms with Crippen LogP contribution in [-0.4, -0.2) is 15.3 Å². The number of carboxylic acids is 1. The Morgan fingerprint density at radius 2 is 2.00 bits per heavy atom. The van der Waals surface area contributed by atoms with Gasteiger partial charge in [0.25, 0.3) is 0 Å². The number of carboxylic acid groups (broad SMARTS) is 1. The molecular weight excluding hydrogens is 416 g/mol. The van der Waals surface area contributed by atoms with Crippen molar-refractivity contribution >= 4 is 60.0 Å². The van der Waals surface area contributed by atoms with Crippen molar-refractivity contribution in [2.75, 3.05) is 0 Å². The van der Waals surface area contributed by atoms with E-state index in [1.54, 1.807) is 12.1 Å². The molecule has 1 atom stereocenters. The minimum absolute atomic E-state index is 0.123. The van der Waals surface area contributed by atoms with Crippen molar-refractivity contribution < 1.29 is 14.1 Å². The highest BCUT2D eigenvalue weighted by Crippen LogP contribution is 2.26. The van der Waals surface area contributed by atoms with Gasteiger partial charge in [0.05, 0.1) is 25.9 Å². The molecule has 100 valence electrons.